The molecular formula is C18H11N3O2. The molecule has 110 valence electrons. The number of nitrogens with one attached hydrogen (secondary N) is 1. The molecule has 0 bridgehead atoms. The number of nitriles is 1. The van der Waals surface area contributed by atoms with Crippen LogP contribution < -0.4 is 10.9 Å². The van der Waals surface area contributed by atoms with E-state index < -0.39 is 5.63 Å². The highest BCUT2D eigenvalue weighted by atomic mass is 16.4. The van der Waals surface area contributed by atoms with Gasteiger partial charge in [-0.05, 0) is 29.8 Å². The summed E-state index contributed by atoms with van der Waals surface area (Å²) in [6.45, 7) is 8.41. The largest absolute Gasteiger partial charge is 0.422 e. The number of hydrogen-bond acceptors (Lipinski definition) is 4. The van der Waals surface area contributed by atoms with Crippen LogP contribution in [0.3, 0.4) is 0 Å². The maximum absolute atomic E-state index is 12.0. The Morgan fingerprint density at radius 1 is 1.48 bits per heavy atom. The molecule has 5 heteroatoms. The molecule has 0 spiro atoms. The van der Waals surface area contributed by atoms with Gasteiger partial charge in [0.2, 0.25) is 0 Å². The number of rotatable bonds is 1. The Hall–Kier alpha value is -3.33. The van der Waals surface area contributed by atoms with Gasteiger partial charge in [0.15, 0.2) is 0 Å². The second kappa shape index (κ2) is 6.20. The molecule has 1 aliphatic heterocycles. The minimum atomic E-state index is -0.578. The summed E-state index contributed by atoms with van der Waals surface area (Å²) >= 11 is 0. The minimum Gasteiger partial charge on any atom is -0.422 e. The summed E-state index contributed by atoms with van der Waals surface area (Å²) < 4.78 is 5.32. The fraction of sp³-hybridized carbons (Fsp3) is 0.167. The number of hydrogen-bond donors (Lipinski definition) is 1. The number of allylic oxidation sites excluding steroid dienone is 1. The Morgan fingerprint density at radius 2 is 2.35 bits per heavy atom. The third-order valence-electron chi connectivity index (χ3n) is 3.48. The van der Waals surface area contributed by atoms with Crippen molar-refractivity contribution in [1.82, 2.24) is 5.32 Å². The molecule has 0 atom stereocenters. The van der Waals surface area contributed by atoms with Crippen LogP contribution in [0.5, 0.6) is 0 Å². The van der Waals surface area contributed by atoms with Crippen molar-refractivity contribution in [2.24, 2.45) is 0 Å². The molecule has 1 N–H and O–H groups in total. The van der Waals surface area contributed by atoms with Gasteiger partial charge in [0.05, 0.1) is 18.2 Å². The van der Waals surface area contributed by atoms with Gasteiger partial charge in [-0.3, -0.25) is 0 Å². The monoisotopic (exact) mass is 301 g/mol. The SMILES string of the molecule is [C-]#[N+]/C(C#N)=C/c1cc2cc3c(cc2oc1=O)C#CCCNC3. The lowest BCUT2D eigenvalue weighted by molar-refractivity contribution is 0.559. The van der Waals surface area contributed by atoms with Crippen LogP contribution in [0.25, 0.3) is 21.9 Å². The molecule has 2 aromatic rings. The number of benzene rings is 1. The van der Waals surface area contributed by atoms with Gasteiger partial charge in [-0.1, -0.05) is 11.8 Å². The van der Waals surface area contributed by atoms with Gasteiger partial charge in [0.1, 0.15) is 5.58 Å². The maximum atomic E-state index is 12.0. The second-order valence-corrected chi connectivity index (χ2v) is 5.02. The predicted octanol–water partition coefficient (Wildman–Crippen LogP) is 2.42. The molecule has 1 aromatic heterocycles. The molecule has 0 unspecified atom stereocenters. The summed E-state index contributed by atoms with van der Waals surface area (Å²) in [6, 6.07) is 7.06. The van der Waals surface area contributed by atoms with E-state index >= 15 is 0 Å². The Kier molecular flexibility index (Phi) is 3.93. The van der Waals surface area contributed by atoms with Gasteiger partial charge in [0, 0.05) is 30.5 Å². The Labute approximate surface area is 132 Å². The third-order valence-corrected chi connectivity index (χ3v) is 3.48. The molecular weight excluding hydrogens is 290 g/mol. The van der Waals surface area contributed by atoms with Crippen LogP contribution in [0.4, 0.5) is 0 Å². The van der Waals surface area contributed by atoms with E-state index in [0.717, 1.165) is 29.5 Å². The molecule has 0 saturated carbocycles. The van der Waals surface area contributed by atoms with E-state index in [4.69, 9.17) is 16.3 Å². The Balaban J connectivity index is 2.20. The molecule has 0 aliphatic carbocycles. The molecule has 0 fully saturated rings. The summed E-state index contributed by atoms with van der Waals surface area (Å²) in [4.78, 5) is 15.1. The predicted molar refractivity (Wildman–Crippen MR) is 85.9 cm³/mol. The molecule has 1 aliphatic rings. The standard InChI is InChI=1S/C18H11N3O2/c1-20-16(10-19)8-14-6-13-7-15-11-21-5-3-2-4-12(15)9-17(13)23-18(14)22/h6-9,21H,3,5,11H2/b16-8+. The molecule has 0 radical (unpaired) electrons. The molecule has 1 aromatic carbocycles. The quantitative estimate of drug-likeness (QED) is 0.380. The lowest BCUT2D eigenvalue weighted by Gasteiger charge is -2.10. The number of fused-ring (bicyclic) bond motifs is 2. The first-order chi connectivity index (χ1) is 11.2. The molecule has 0 amide bonds. The van der Waals surface area contributed by atoms with Gasteiger partial charge < -0.3 is 9.73 Å². The highest BCUT2D eigenvalue weighted by molar-refractivity contribution is 5.82. The molecule has 3 rings (SSSR count). The topological polar surface area (TPSA) is 70.4 Å². The molecule has 23 heavy (non-hydrogen) atoms. The van der Waals surface area contributed by atoms with E-state index in [0.29, 0.717) is 12.1 Å². The molecule has 2 heterocycles. The zero-order valence-electron chi connectivity index (χ0n) is 12.1. The first kappa shape index (κ1) is 14.6. The van der Waals surface area contributed by atoms with Crippen LogP contribution in [0.15, 0.2) is 33.1 Å². The third kappa shape index (κ3) is 2.99. The van der Waals surface area contributed by atoms with E-state index in [-0.39, 0.29) is 11.3 Å². The van der Waals surface area contributed by atoms with Crippen molar-refractivity contribution in [3.63, 3.8) is 0 Å². The summed E-state index contributed by atoms with van der Waals surface area (Å²) in [6.07, 6.45) is 2.02. The lowest BCUT2D eigenvalue weighted by Crippen LogP contribution is -2.16. The second-order valence-electron chi connectivity index (χ2n) is 5.02. The van der Waals surface area contributed by atoms with Crippen LogP contribution in [-0.4, -0.2) is 6.54 Å². The van der Waals surface area contributed by atoms with Crippen molar-refractivity contribution in [3.05, 3.63) is 62.4 Å². The van der Waals surface area contributed by atoms with Crippen LogP contribution in [0, 0.1) is 29.7 Å². The summed E-state index contributed by atoms with van der Waals surface area (Å²) in [5, 5.41) is 12.9. The van der Waals surface area contributed by atoms with Crippen molar-refractivity contribution in [1.29, 1.82) is 5.26 Å². The van der Waals surface area contributed by atoms with E-state index in [2.05, 4.69) is 22.0 Å². The van der Waals surface area contributed by atoms with Crippen LogP contribution >= 0.6 is 0 Å². The highest BCUT2D eigenvalue weighted by Crippen LogP contribution is 2.21. The zero-order chi connectivity index (χ0) is 16.2. The van der Waals surface area contributed by atoms with Crippen molar-refractivity contribution in [2.45, 2.75) is 13.0 Å². The lowest BCUT2D eigenvalue weighted by atomic mass is 10.0. The Morgan fingerprint density at radius 3 is 3.13 bits per heavy atom. The first-order valence-electron chi connectivity index (χ1n) is 7.01. The first-order valence-corrected chi connectivity index (χ1v) is 7.01. The highest BCUT2D eigenvalue weighted by Gasteiger charge is 2.10. The van der Waals surface area contributed by atoms with Crippen LogP contribution in [0.1, 0.15) is 23.1 Å². The number of nitrogens with zero attached hydrogens (tertiary/aromatic N) is 2. The van der Waals surface area contributed by atoms with Gasteiger partial charge in [-0.2, -0.15) is 0 Å². The van der Waals surface area contributed by atoms with Gasteiger partial charge in [-0.25, -0.2) is 14.9 Å². The van der Waals surface area contributed by atoms with Crippen molar-refractivity contribution >= 4 is 17.0 Å². The van der Waals surface area contributed by atoms with Crippen molar-refractivity contribution < 1.29 is 4.42 Å². The van der Waals surface area contributed by atoms with Gasteiger partial charge in [-0.15, -0.1) is 0 Å². The van der Waals surface area contributed by atoms with Crippen LogP contribution in [0.2, 0.25) is 0 Å². The van der Waals surface area contributed by atoms with Crippen LogP contribution in [-0.2, 0) is 6.54 Å². The average molecular weight is 301 g/mol. The summed E-state index contributed by atoms with van der Waals surface area (Å²) in [7, 11) is 0. The van der Waals surface area contributed by atoms with Crippen molar-refractivity contribution in [2.75, 3.05) is 6.54 Å². The van der Waals surface area contributed by atoms with E-state index in [1.54, 1.807) is 18.2 Å². The normalized spacial score (nSPS) is 13.7. The smallest absolute Gasteiger partial charge is 0.342 e. The molecule has 0 saturated heterocycles. The van der Waals surface area contributed by atoms with E-state index in [1.807, 2.05) is 6.07 Å². The average Bonchev–Trinajstić information content (AvgIpc) is 2.53. The van der Waals surface area contributed by atoms with E-state index in [1.165, 1.54) is 6.08 Å². The van der Waals surface area contributed by atoms with Gasteiger partial charge >= 0.3 is 5.63 Å². The maximum Gasteiger partial charge on any atom is 0.342 e. The fourth-order valence-corrected chi connectivity index (χ4v) is 2.36. The summed E-state index contributed by atoms with van der Waals surface area (Å²) in [5.74, 6) is 6.16. The van der Waals surface area contributed by atoms with E-state index in [9.17, 15) is 4.79 Å². The zero-order valence-corrected chi connectivity index (χ0v) is 12.1. The fourth-order valence-electron chi connectivity index (χ4n) is 2.36. The van der Waals surface area contributed by atoms with Crippen molar-refractivity contribution in [3.8, 4) is 17.9 Å². The van der Waals surface area contributed by atoms with Gasteiger partial charge in [0.25, 0.3) is 5.70 Å². The summed E-state index contributed by atoms with van der Waals surface area (Å²) in [5.41, 5.74) is 1.77. The minimum absolute atomic E-state index is 0.157. The molecule has 5 nitrogen and oxygen atoms in total. The Bertz CT molecular complexity index is 1000.